The number of nitrogens with zero attached hydrogens (tertiary/aromatic N) is 2. The number of rotatable bonds is 1. The Kier molecular flexibility index (Phi) is 2.91. The normalized spacial score (nSPS) is 20.8. The highest BCUT2D eigenvalue weighted by Gasteiger charge is 2.21. The van der Waals surface area contributed by atoms with Crippen LogP contribution in [-0.2, 0) is 4.74 Å². The molecule has 1 atom stereocenters. The zero-order chi connectivity index (χ0) is 11.0. The Morgan fingerprint density at radius 3 is 2.87 bits per heavy atom. The fourth-order valence-electron chi connectivity index (χ4n) is 1.50. The molecule has 15 heavy (non-hydrogen) atoms. The fraction of sp³-hybridized carbons (Fsp3) is 0.500. The molecule has 0 saturated carbocycles. The van der Waals surface area contributed by atoms with Gasteiger partial charge in [-0.25, -0.2) is 4.79 Å². The molecule has 1 aliphatic rings. The Hall–Kier alpha value is -0.700. The summed E-state index contributed by atoms with van der Waals surface area (Å²) in [5.74, 6) is -0.945. The van der Waals surface area contributed by atoms with Gasteiger partial charge >= 0.3 is 11.2 Å². The van der Waals surface area contributed by atoms with Crippen LogP contribution in [0, 0.1) is 5.82 Å². The maximum Gasteiger partial charge on any atom is 0.342 e. The summed E-state index contributed by atoms with van der Waals surface area (Å²) in [6.45, 7) is 0.555. The smallest absolute Gasteiger partial charge is 0.342 e. The van der Waals surface area contributed by atoms with Crippen LogP contribution < -0.4 is 11.2 Å². The van der Waals surface area contributed by atoms with E-state index in [9.17, 15) is 14.0 Å². The van der Waals surface area contributed by atoms with Crippen molar-refractivity contribution in [2.24, 2.45) is 0 Å². The average Bonchev–Trinajstić information content (AvgIpc) is 2.73. The van der Waals surface area contributed by atoms with Gasteiger partial charge in [-0.3, -0.25) is 9.36 Å². The maximum absolute atomic E-state index is 13.1. The quantitative estimate of drug-likeness (QED) is 0.713. The third kappa shape index (κ3) is 1.85. The minimum absolute atomic E-state index is 0.450. The first-order valence-corrected chi connectivity index (χ1v) is 5.39. The van der Waals surface area contributed by atoms with Gasteiger partial charge in [0, 0.05) is 6.61 Å². The molecule has 0 aliphatic carbocycles. The Bertz CT molecular complexity index is 490. The van der Waals surface area contributed by atoms with Crippen LogP contribution in [0.5, 0.6) is 0 Å². The average molecular weight is 326 g/mol. The van der Waals surface area contributed by atoms with Gasteiger partial charge in [0.05, 0.1) is 29.1 Å². The van der Waals surface area contributed by atoms with Crippen molar-refractivity contribution in [3.05, 3.63) is 32.9 Å². The second-order valence-electron chi connectivity index (χ2n) is 3.22. The molecule has 1 aliphatic heterocycles. The molecule has 0 spiro atoms. The van der Waals surface area contributed by atoms with Gasteiger partial charge in [0.15, 0.2) is 0 Å². The molecule has 1 saturated heterocycles. The minimum atomic E-state index is -0.945. The molecule has 1 aromatic rings. The van der Waals surface area contributed by atoms with Crippen LogP contribution in [-0.4, -0.2) is 14.0 Å². The molecule has 1 unspecified atom stereocenters. The lowest BCUT2D eigenvalue weighted by Gasteiger charge is -2.13. The molecular formula is C8H8FIN2O3. The minimum Gasteiger partial charge on any atom is -0.358 e. The molecule has 0 amide bonds. The molecule has 0 bridgehead atoms. The van der Waals surface area contributed by atoms with E-state index >= 15 is 0 Å². The zero-order valence-electron chi connectivity index (χ0n) is 7.65. The Labute approximate surface area is 98.0 Å². The van der Waals surface area contributed by atoms with Crippen molar-refractivity contribution >= 4 is 22.9 Å². The van der Waals surface area contributed by atoms with Crippen LogP contribution >= 0.6 is 22.9 Å². The molecule has 0 aromatic carbocycles. The summed E-state index contributed by atoms with van der Waals surface area (Å²) >= 11 is 1.48. The summed E-state index contributed by atoms with van der Waals surface area (Å²) in [6, 6.07) is 0. The van der Waals surface area contributed by atoms with Gasteiger partial charge in [0.25, 0.3) is 0 Å². The second-order valence-corrected chi connectivity index (χ2v) is 4.19. The van der Waals surface area contributed by atoms with Crippen LogP contribution in [0.2, 0.25) is 0 Å². The third-order valence-corrected chi connectivity index (χ3v) is 3.09. The standard InChI is InChI=1S/C8H8FIN2O3/c9-5-4-11(6-2-1-3-15-6)8(14)12(10)7(5)13/h4,6H,1-3H2. The highest BCUT2D eigenvalue weighted by Crippen LogP contribution is 2.20. The highest BCUT2D eigenvalue weighted by molar-refractivity contribution is 14.1. The summed E-state index contributed by atoms with van der Waals surface area (Å²) in [5.41, 5.74) is -1.48. The van der Waals surface area contributed by atoms with Crippen molar-refractivity contribution < 1.29 is 9.13 Å². The van der Waals surface area contributed by atoms with Gasteiger partial charge in [-0.2, -0.15) is 7.17 Å². The van der Waals surface area contributed by atoms with Crippen molar-refractivity contribution in [2.75, 3.05) is 6.61 Å². The number of halogens is 2. The van der Waals surface area contributed by atoms with Gasteiger partial charge in [0.2, 0.25) is 5.82 Å². The third-order valence-electron chi connectivity index (χ3n) is 2.24. The second kappa shape index (κ2) is 4.05. The molecule has 2 heterocycles. The molecule has 0 radical (unpaired) electrons. The van der Waals surface area contributed by atoms with Crippen LogP contribution in [0.25, 0.3) is 0 Å². The topological polar surface area (TPSA) is 53.2 Å². The van der Waals surface area contributed by atoms with Crippen molar-refractivity contribution in [1.29, 1.82) is 0 Å². The monoisotopic (exact) mass is 326 g/mol. The first-order chi connectivity index (χ1) is 7.11. The molecule has 5 nitrogen and oxygen atoms in total. The van der Waals surface area contributed by atoms with E-state index in [-0.39, 0.29) is 0 Å². The predicted octanol–water partition coefficient (Wildman–Crippen LogP) is 0.656. The van der Waals surface area contributed by atoms with Crippen LogP contribution in [0.4, 0.5) is 4.39 Å². The number of ether oxygens (including phenoxy) is 1. The molecule has 7 heteroatoms. The largest absolute Gasteiger partial charge is 0.358 e. The summed E-state index contributed by atoms with van der Waals surface area (Å²) in [6.07, 6.45) is 1.96. The molecular weight excluding hydrogens is 318 g/mol. The Balaban J connectivity index is 2.57. The van der Waals surface area contributed by atoms with Crippen molar-refractivity contribution in [3.63, 3.8) is 0 Å². The molecule has 1 aromatic heterocycles. The lowest BCUT2D eigenvalue weighted by Crippen LogP contribution is -2.38. The lowest BCUT2D eigenvalue weighted by molar-refractivity contribution is 0.0515. The van der Waals surface area contributed by atoms with Crippen molar-refractivity contribution in [3.8, 4) is 0 Å². The first-order valence-electron chi connectivity index (χ1n) is 4.42. The number of aromatic nitrogens is 2. The van der Waals surface area contributed by atoms with Gasteiger partial charge in [-0.1, -0.05) is 0 Å². The summed E-state index contributed by atoms with van der Waals surface area (Å²) in [5, 5.41) is 0. The fourth-order valence-corrected chi connectivity index (χ4v) is 1.98. The van der Waals surface area contributed by atoms with Gasteiger partial charge in [-0.05, 0) is 12.8 Å². The number of hydrogen-bond donors (Lipinski definition) is 0. The van der Waals surface area contributed by atoms with E-state index in [1.165, 1.54) is 22.9 Å². The van der Waals surface area contributed by atoms with E-state index in [0.29, 0.717) is 13.0 Å². The predicted molar refractivity (Wildman–Crippen MR) is 58.6 cm³/mol. The zero-order valence-corrected chi connectivity index (χ0v) is 9.81. The molecule has 1 fully saturated rings. The summed E-state index contributed by atoms with van der Waals surface area (Å²) < 4.78 is 20.2. The highest BCUT2D eigenvalue weighted by atomic mass is 127. The van der Waals surface area contributed by atoms with E-state index in [0.717, 1.165) is 20.0 Å². The van der Waals surface area contributed by atoms with E-state index in [1.54, 1.807) is 0 Å². The maximum atomic E-state index is 13.1. The van der Waals surface area contributed by atoms with Crippen LogP contribution in [0.15, 0.2) is 15.8 Å². The SMILES string of the molecule is O=c1c(F)cn(C2CCCO2)c(=O)n1I. The van der Waals surface area contributed by atoms with E-state index in [2.05, 4.69) is 0 Å². The van der Waals surface area contributed by atoms with Crippen molar-refractivity contribution in [2.45, 2.75) is 19.1 Å². The Morgan fingerprint density at radius 1 is 1.53 bits per heavy atom. The number of hydrogen-bond acceptors (Lipinski definition) is 3. The van der Waals surface area contributed by atoms with Crippen molar-refractivity contribution in [1.82, 2.24) is 7.35 Å². The molecule has 2 rings (SSSR count). The van der Waals surface area contributed by atoms with E-state index in [1.807, 2.05) is 0 Å². The molecule has 82 valence electrons. The summed E-state index contributed by atoms with van der Waals surface area (Å²) in [4.78, 5) is 22.7. The van der Waals surface area contributed by atoms with Gasteiger partial charge in [0.1, 0.15) is 6.23 Å². The van der Waals surface area contributed by atoms with E-state index in [4.69, 9.17) is 4.74 Å². The first kappa shape index (κ1) is 10.8. The van der Waals surface area contributed by atoms with E-state index < -0.39 is 23.3 Å². The molecule has 0 N–H and O–H groups in total. The summed E-state index contributed by atoms with van der Waals surface area (Å²) in [7, 11) is 0. The van der Waals surface area contributed by atoms with Gasteiger partial charge < -0.3 is 4.74 Å². The lowest BCUT2D eigenvalue weighted by atomic mass is 10.3. The Morgan fingerprint density at radius 2 is 2.27 bits per heavy atom. The van der Waals surface area contributed by atoms with Crippen LogP contribution in [0.1, 0.15) is 19.1 Å². The van der Waals surface area contributed by atoms with Crippen LogP contribution in [0.3, 0.4) is 0 Å². The van der Waals surface area contributed by atoms with Gasteiger partial charge in [-0.15, -0.1) is 0 Å².